The molecule has 0 unspecified atom stereocenters. The van der Waals surface area contributed by atoms with Crippen LogP contribution in [0.25, 0.3) is 0 Å². The van der Waals surface area contributed by atoms with Crippen LogP contribution in [0.3, 0.4) is 0 Å². The second-order valence-corrected chi connectivity index (χ2v) is 3.99. The molecule has 0 atom stereocenters. The molecule has 1 rings (SSSR count). The molecule has 0 saturated carbocycles. The molecular formula is C12H16N2O4. The van der Waals surface area contributed by atoms with Crippen molar-refractivity contribution in [2.75, 3.05) is 27.8 Å². The summed E-state index contributed by atoms with van der Waals surface area (Å²) < 4.78 is 4.96. The molecule has 0 aromatic carbocycles. The molecule has 0 bridgehead atoms. The van der Waals surface area contributed by atoms with Crippen molar-refractivity contribution in [3.63, 3.8) is 0 Å². The molecule has 1 heterocycles. The van der Waals surface area contributed by atoms with E-state index in [4.69, 9.17) is 9.84 Å². The number of Topliss-reactive ketones (excluding diaryl/α,β-unsaturated/α-hetero) is 1. The second kappa shape index (κ2) is 6.02. The molecule has 2 N–H and O–H groups in total. The fraction of sp³-hybridized carbons (Fsp3) is 0.333. The van der Waals surface area contributed by atoms with Crippen molar-refractivity contribution in [3.8, 4) is 0 Å². The fourth-order valence-corrected chi connectivity index (χ4v) is 1.46. The van der Waals surface area contributed by atoms with Crippen molar-refractivity contribution in [1.29, 1.82) is 0 Å². The zero-order valence-electron chi connectivity index (χ0n) is 10.6. The average Bonchev–Trinajstić information content (AvgIpc) is 2.76. The molecule has 0 amide bonds. The van der Waals surface area contributed by atoms with E-state index < -0.39 is 5.97 Å². The summed E-state index contributed by atoms with van der Waals surface area (Å²) in [6, 6.07) is 1.31. The van der Waals surface area contributed by atoms with Crippen molar-refractivity contribution >= 4 is 11.8 Å². The Bertz CT molecular complexity index is 474. The van der Waals surface area contributed by atoms with E-state index in [-0.39, 0.29) is 18.1 Å². The van der Waals surface area contributed by atoms with E-state index in [1.165, 1.54) is 19.4 Å². The largest absolute Gasteiger partial charge is 0.477 e. The number of ether oxygens (including phenoxy) is 1. The molecule has 6 nitrogen and oxygen atoms in total. The molecule has 0 fully saturated rings. The number of hydrogen-bond donors (Lipinski definition) is 2. The standard InChI is InChI=1S/C12H16N2O4/c1-14(2)6-9(7-18-3)11(15)8-4-10(12(16)17)13-5-8/h4-6,13H,7H2,1-3H3,(H,16,17)/b9-6+. The number of rotatable bonds is 6. The highest BCUT2D eigenvalue weighted by atomic mass is 16.5. The Kier molecular flexibility index (Phi) is 4.67. The first-order valence-electron chi connectivity index (χ1n) is 5.28. The molecule has 1 aromatic rings. The van der Waals surface area contributed by atoms with E-state index in [9.17, 15) is 9.59 Å². The maximum Gasteiger partial charge on any atom is 0.352 e. The second-order valence-electron chi connectivity index (χ2n) is 3.99. The van der Waals surface area contributed by atoms with Gasteiger partial charge in [-0.25, -0.2) is 4.79 Å². The van der Waals surface area contributed by atoms with Gasteiger partial charge in [0, 0.05) is 44.7 Å². The molecule has 1 aromatic heterocycles. The number of methoxy groups -OCH3 is 1. The Labute approximate surface area is 105 Å². The Morgan fingerprint density at radius 2 is 2.17 bits per heavy atom. The first-order chi connectivity index (χ1) is 8.45. The highest BCUT2D eigenvalue weighted by Crippen LogP contribution is 2.11. The maximum atomic E-state index is 12.1. The number of hydrogen-bond acceptors (Lipinski definition) is 4. The summed E-state index contributed by atoms with van der Waals surface area (Å²) in [6.07, 6.45) is 3.03. The van der Waals surface area contributed by atoms with Crippen molar-refractivity contribution in [1.82, 2.24) is 9.88 Å². The van der Waals surface area contributed by atoms with Gasteiger partial charge in [-0.2, -0.15) is 0 Å². The van der Waals surface area contributed by atoms with Crippen LogP contribution in [0.1, 0.15) is 20.8 Å². The van der Waals surface area contributed by atoms with Crippen LogP contribution in [0.5, 0.6) is 0 Å². The number of H-pyrrole nitrogens is 1. The number of carboxylic acids is 1. The molecule has 0 aliphatic rings. The van der Waals surface area contributed by atoms with Crippen molar-refractivity contribution in [2.24, 2.45) is 0 Å². The van der Waals surface area contributed by atoms with Gasteiger partial charge in [-0.05, 0) is 6.07 Å². The minimum absolute atomic E-state index is 0.0139. The number of nitrogens with one attached hydrogen (secondary N) is 1. The third kappa shape index (κ3) is 3.46. The van der Waals surface area contributed by atoms with E-state index in [2.05, 4.69) is 4.98 Å². The maximum absolute atomic E-state index is 12.1. The van der Waals surface area contributed by atoms with Crippen LogP contribution in [-0.4, -0.2) is 54.6 Å². The van der Waals surface area contributed by atoms with Crippen LogP contribution in [0, 0.1) is 0 Å². The fourth-order valence-electron chi connectivity index (χ4n) is 1.46. The zero-order chi connectivity index (χ0) is 13.7. The highest BCUT2D eigenvalue weighted by molar-refractivity contribution is 6.09. The third-order valence-electron chi connectivity index (χ3n) is 2.18. The average molecular weight is 252 g/mol. The van der Waals surface area contributed by atoms with Gasteiger partial charge < -0.3 is 19.7 Å². The number of nitrogens with zero attached hydrogens (tertiary/aromatic N) is 1. The molecule has 6 heteroatoms. The summed E-state index contributed by atoms with van der Waals surface area (Å²) in [7, 11) is 5.09. The molecule has 0 aliphatic heterocycles. The molecule has 98 valence electrons. The van der Waals surface area contributed by atoms with E-state index in [0.717, 1.165) is 0 Å². The molecule has 0 radical (unpaired) electrons. The molecule has 0 aliphatic carbocycles. The quantitative estimate of drug-likeness (QED) is 0.582. The van der Waals surface area contributed by atoms with Crippen molar-refractivity contribution in [3.05, 3.63) is 35.3 Å². The van der Waals surface area contributed by atoms with E-state index in [1.54, 1.807) is 25.2 Å². The number of carbonyl (C=O) groups excluding carboxylic acids is 1. The summed E-state index contributed by atoms with van der Waals surface area (Å²) in [5.41, 5.74) is 0.746. The van der Waals surface area contributed by atoms with E-state index in [1.807, 2.05) is 0 Å². The lowest BCUT2D eigenvalue weighted by Gasteiger charge is -2.09. The Morgan fingerprint density at radius 1 is 1.50 bits per heavy atom. The minimum atomic E-state index is -1.10. The molecule has 0 saturated heterocycles. The van der Waals surface area contributed by atoms with Gasteiger partial charge in [0.1, 0.15) is 5.69 Å². The lowest BCUT2D eigenvalue weighted by molar-refractivity contribution is 0.0691. The SMILES string of the molecule is COC/C(=C\N(C)C)C(=O)c1c[nH]c(C(=O)O)c1. The number of ketones is 1. The summed E-state index contributed by atoms with van der Waals surface area (Å²) in [6.45, 7) is 0.171. The number of aromatic nitrogens is 1. The first-order valence-corrected chi connectivity index (χ1v) is 5.28. The van der Waals surface area contributed by atoms with Gasteiger partial charge in [-0.3, -0.25) is 4.79 Å². The summed E-state index contributed by atoms with van der Waals surface area (Å²) in [5.74, 6) is -1.35. The van der Waals surface area contributed by atoms with Gasteiger partial charge in [0.2, 0.25) is 0 Å². The molecule has 0 spiro atoms. The highest BCUT2D eigenvalue weighted by Gasteiger charge is 2.16. The van der Waals surface area contributed by atoms with E-state index >= 15 is 0 Å². The van der Waals surface area contributed by atoms with Gasteiger partial charge in [-0.1, -0.05) is 0 Å². The van der Waals surface area contributed by atoms with Gasteiger partial charge in [-0.15, -0.1) is 0 Å². The lowest BCUT2D eigenvalue weighted by Crippen LogP contribution is -2.13. The number of carboxylic acid groups (broad SMARTS) is 1. The zero-order valence-corrected chi connectivity index (χ0v) is 10.6. The van der Waals surface area contributed by atoms with Crippen LogP contribution in [0.2, 0.25) is 0 Å². The van der Waals surface area contributed by atoms with Crippen LogP contribution in [-0.2, 0) is 4.74 Å². The third-order valence-corrected chi connectivity index (χ3v) is 2.18. The van der Waals surface area contributed by atoms with Gasteiger partial charge in [0.05, 0.1) is 6.61 Å². The number of carbonyl (C=O) groups is 2. The lowest BCUT2D eigenvalue weighted by atomic mass is 10.1. The van der Waals surface area contributed by atoms with Crippen LogP contribution >= 0.6 is 0 Å². The van der Waals surface area contributed by atoms with Crippen molar-refractivity contribution < 1.29 is 19.4 Å². The number of aromatic carboxylic acids is 1. The van der Waals surface area contributed by atoms with Crippen LogP contribution in [0.4, 0.5) is 0 Å². The first kappa shape index (κ1) is 14.0. The Balaban J connectivity index is 2.98. The summed E-state index contributed by atoms with van der Waals surface area (Å²) in [4.78, 5) is 27.1. The van der Waals surface area contributed by atoms with Crippen molar-refractivity contribution in [2.45, 2.75) is 0 Å². The van der Waals surface area contributed by atoms with Gasteiger partial charge in [0.15, 0.2) is 5.78 Å². The van der Waals surface area contributed by atoms with E-state index in [0.29, 0.717) is 11.1 Å². The predicted molar refractivity (Wildman–Crippen MR) is 65.7 cm³/mol. The van der Waals surface area contributed by atoms with Crippen LogP contribution < -0.4 is 0 Å². The number of aromatic amines is 1. The Hall–Kier alpha value is -2.08. The molecule has 18 heavy (non-hydrogen) atoms. The smallest absolute Gasteiger partial charge is 0.352 e. The normalized spacial score (nSPS) is 11.4. The molecular weight excluding hydrogens is 236 g/mol. The predicted octanol–water partition coefficient (Wildman–Crippen LogP) is 0.987. The minimum Gasteiger partial charge on any atom is -0.477 e. The topological polar surface area (TPSA) is 82.6 Å². The summed E-state index contributed by atoms with van der Waals surface area (Å²) in [5, 5.41) is 8.78. The van der Waals surface area contributed by atoms with Gasteiger partial charge >= 0.3 is 5.97 Å². The summed E-state index contributed by atoms with van der Waals surface area (Å²) >= 11 is 0. The van der Waals surface area contributed by atoms with Gasteiger partial charge in [0.25, 0.3) is 0 Å². The Morgan fingerprint density at radius 3 is 2.61 bits per heavy atom. The van der Waals surface area contributed by atoms with Crippen LogP contribution in [0.15, 0.2) is 24.0 Å². The monoisotopic (exact) mass is 252 g/mol.